The van der Waals surface area contributed by atoms with Crippen molar-refractivity contribution in [1.82, 2.24) is 14.9 Å². The van der Waals surface area contributed by atoms with E-state index in [0.29, 0.717) is 29.7 Å². The van der Waals surface area contributed by atoms with E-state index in [1.54, 1.807) is 29.2 Å². The van der Waals surface area contributed by atoms with Crippen molar-refractivity contribution in [2.75, 3.05) is 13.1 Å². The summed E-state index contributed by atoms with van der Waals surface area (Å²) in [5, 5.41) is 2.33. The molecule has 7 nitrogen and oxygen atoms in total. The first-order chi connectivity index (χ1) is 15.0. The van der Waals surface area contributed by atoms with Crippen LogP contribution in [0.15, 0.2) is 59.5 Å². The zero-order valence-corrected chi connectivity index (χ0v) is 16.9. The molecule has 0 atom stereocenters. The number of carbonyl (C=O) groups is 2. The summed E-state index contributed by atoms with van der Waals surface area (Å²) in [6.45, 7) is 1.20. The summed E-state index contributed by atoms with van der Waals surface area (Å²) < 4.78 is 0. The number of piperidine rings is 1. The van der Waals surface area contributed by atoms with Gasteiger partial charge in [0.25, 0.3) is 11.5 Å². The van der Waals surface area contributed by atoms with E-state index in [2.05, 4.69) is 9.97 Å². The Bertz CT molecular complexity index is 1380. The fourth-order valence-electron chi connectivity index (χ4n) is 4.52. The van der Waals surface area contributed by atoms with Gasteiger partial charge in [-0.25, -0.2) is 0 Å². The van der Waals surface area contributed by atoms with Crippen molar-refractivity contribution in [3.63, 3.8) is 0 Å². The summed E-state index contributed by atoms with van der Waals surface area (Å²) in [7, 11) is 0. The molecule has 2 aromatic heterocycles. The fourth-order valence-corrected chi connectivity index (χ4v) is 4.52. The molecule has 5 rings (SSSR count). The lowest BCUT2D eigenvalue weighted by Gasteiger charge is -2.32. The van der Waals surface area contributed by atoms with Gasteiger partial charge in [-0.15, -0.1) is 0 Å². The summed E-state index contributed by atoms with van der Waals surface area (Å²) in [5.74, 6) is -0.327. The average molecular weight is 414 g/mol. The minimum Gasteiger partial charge on any atom is -0.366 e. The lowest BCUT2D eigenvalue weighted by molar-refractivity contribution is 0.0707. The summed E-state index contributed by atoms with van der Waals surface area (Å²) in [6, 6.07) is 14.4. The molecule has 4 aromatic rings. The van der Waals surface area contributed by atoms with Gasteiger partial charge in [-0.05, 0) is 60.0 Å². The van der Waals surface area contributed by atoms with Crippen LogP contribution in [0.5, 0.6) is 0 Å². The molecule has 4 N–H and O–H groups in total. The van der Waals surface area contributed by atoms with E-state index >= 15 is 0 Å². The van der Waals surface area contributed by atoms with Gasteiger partial charge in [-0.2, -0.15) is 0 Å². The van der Waals surface area contributed by atoms with Gasteiger partial charge >= 0.3 is 0 Å². The molecule has 0 spiro atoms. The lowest BCUT2D eigenvalue weighted by atomic mass is 9.88. The van der Waals surface area contributed by atoms with E-state index in [1.165, 1.54) is 0 Å². The minimum atomic E-state index is -0.446. The van der Waals surface area contributed by atoms with Crippen molar-refractivity contribution in [1.29, 1.82) is 0 Å². The Morgan fingerprint density at radius 3 is 2.55 bits per heavy atom. The zero-order valence-electron chi connectivity index (χ0n) is 16.9. The number of aromatic amines is 2. The highest BCUT2D eigenvalue weighted by molar-refractivity contribution is 5.98. The van der Waals surface area contributed by atoms with E-state index in [1.807, 2.05) is 30.5 Å². The molecule has 156 valence electrons. The van der Waals surface area contributed by atoms with E-state index in [9.17, 15) is 14.4 Å². The first-order valence-corrected chi connectivity index (χ1v) is 10.3. The van der Waals surface area contributed by atoms with Crippen LogP contribution in [0.25, 0.3) is 21.7 Å². The average Bonchev–Trinajstić information content (AvgIpc) is 3.22. The van der Waals surface area contributed by atoms with Crippen LogP contribution in [0, 0.1) is 0 Å². The molecule has 1 aliphatic rings. The third kappa shape index (κ3) is 3.38. The standard InChI is InChI=1S/C24H22N4O3/c25-22(29)16-5-6-20-18(11-16)19(13-26-20)14-7-9-28(10-8-14)24(31)21-12-15-3-1-2-4-17(15)23(30)27-21/h1-6,11-14,26H,7-10H2,(H2,25,29)(H,27,30). The van der Waals surface area contributed by atoms with Crippen LogP contribution in [0.1, 0.15) is 45.2 Å². The van der Waals surface area contributed by atoms with Crippen molar-refractivity contribution in [3.8, 4) is 0 Å². The predicted molar refractivity (Wildman–Crippen MR) is 119 cm³/mol. The Kier molecular flexibility index (Phi) is 4.58. The normalized spacial score (nSPS) is 14.9. The molecular weight excluding hydrogens is 392 g/mol. The highest BCUT2D eigenvalue weighted by atomic mass is 16.2. The Hall–Kier alpha value is -3.87. The number of fused-ring (bicyclic) bond motifs is 2. The number of nitrogens with zero attached hydrogens (tertiary/aromatic N) is 1. The third-order valence-electron chi connectivity index (χ3n) is 6.20. The highest BCUT2D eigenvalue weighted by Crippen LogP contribution is 2.34. The van der Waals surface area contributed by atoms with Gasteiger partial charge < -0.3 is 20.6 Å². The predicted octanol–water partition coefficient (Wildman–Crippen LogP) is 3.13. The number of primary amides is 1. The Morgan fingerprint density at radius 2 is 1.77 bits per heavy atom. The highest BCUT2D eigenvalue weighted by Gasteiger charge is 2.27. The summed E-state index contributed by atoms with van der Waals surface area (Å²) in [4.78, 5) is 44.7. The number of nitrogens with one attached hydrogen (secondary N) is 2. The van der Waals surface area contributed by atoms with Crippen LogP contribution in [0.3, 0.4) is 0 Å². The van der Waals surface area contributed by atoms with Crippen molar-refractivity contribution in [3.05, 3.63) is 81.9 Å². The number of nitrogens with two attached hydrogens (primary N) is 1. The summed E-state index contributed by atoms with van der Waals surface area (Å²) in [6.07, 6.45) is 3.59. The summed E-state index contributed by atoms with van der Waals surface area (Å²) in [5.41, 5.74) is 8.10. The SMILES string of the molecule is NC(=O)c1ccc2[nH]cc(C3CCN(C(=O)c4cc5ccccc5c(=O)[nH]4)CC3)c2c1. The molecule has 0 aliphatic carbocycles. The monoisotopic (exact) mass is 414 g/mol. The van der Waals surface area contributed by atoms with E-state index in [-0.39, 0.29) is 17.4 Å². The first kappa shape index (κ1) is 19.1. The lowest BCUT2D eigenvalue weighted by Crippen LogP contribution is -2.38. The number of likely N-dealkylation sites (tertiary alicyclic amines) is 1. The second-order valence-electron chi connectivity index (χ2n) is 8.03. The van der Waals surface area contributed by atoms with Crippen molar-refractivity contribution < 1.29 is 9.59 Å². The number of amides is 2. The second kappa shape index (κ2) is 7.43. The molecule has 1 aliphatic heterocycles. The number of hydrogen-bond acceptors (Lipinski definition) is 3. The van der Waals surface area contributed by atoms with Crippen LogP contribution in [-0.2, 0) is 0 Å². The Morgan fingerprint density at radius 1 is 1.00 bits per heavy atom. The van der Waals surface area contributed by atoms with E-state index < -0.39 is 5.91 Å². The number of pyridine rings is 1. The molecule has 0 saturated carbocycles. The molecular formula is C24H22N4O3. The maximum Gasteiger partial charge on any atom is 0.270 e. The van der Waals surface area contributed by atoms with Crippen LogP contribution in [-0.4, -0.2) is 39.8 Å². The number of carbonyl (C=O) groups excluding carboxylic acids is 2. The summed E-state index contributed by atoms with van der Waals surface area (Å²) >= 11 is 0. The minimum absolute atomic E-state index is 0.156. The molecule has 7 heteroatoms. The zero-order chi connectivity index (χ0) is 21.5. The number of H-pyrrole nitrogens is 2. The van der Waals surface area contributed by atoms with Gasteiger partial charge in [0.2, 0.25) is 5.91 Å². The molecule has 31 heavy (non-hydrogen) atoms. The van der Waals surface area contributed by atoms with Crippen molar-refractivity contribution in [2.45, 2.75) is 18.8 Å². The van der Waals surface area contributed by atoms with Gasteiger partial charge in [-0.1, -0.05) is 18.2 Å². The van der Waals surface area contributed by atoms with Crippen molar-refractivity contribution >= 4 is 33.5 Å². The topological polar surface area (TPSA) is 112 Å². The van der Waals surface area contributed by atoms with Crippen LogP contribution >= 0.6 is 0 Å². The van der Waals surface area contributed by atoms with Gasteiger partial charge in [0.1, 0.15) is 5.69 Å². The largest absolute Gasteiger partial charge is 0.366 e. The molecule has 2 aromatic carbocycles. The molecule has 2 amide bonds. The van der Waals surface area contributed by atoms with Crippen molar-refractivity contribution in [2.24, 2.45) is 5.73 Å². The molecule has 1 saturated heterocycles. The molecule has 0 radical (unpaired) electrons. The maximum absolute atomic E-state index is 13.0. The maximum atomic E-state index is 13.0. The number of hydrogen-bond donors (Lipinski definition) is 3. The number of aromatic nitrogens is 2. The Balaban J connectivity index is 1.35. The van der Waals surface area contributed by atoms with Gasteiger partial charge in [-0.3, -0.25) is 14.4 Å². The second-order valence-corrected chi connectivity index (χ2v) is 8.03. The Labute approximate surface area is 177 Å². The van der Waals surface area contributed by atoms with Gasteiger partial charge in [0.15, 0.2) is 0 Å². The quantitative estimate of drug-likeness (QED) is 0.479. The van der Waals surface area contributed by atoms with Crippen LogP contribution in [0.2, 0.25) is 0 Å². The van der Waals surface area contributed by atoms with Gasteiger partial charge in [0.05, 0.1) is 0 Å². The fraction of sp³-hybridized carbons (Fsp3) is 0.208. The molecule has 0 unspecified atom stereocenters. The molecule has 0 bridgehead atoms. The van der Waals surface area contributed by atoms with E-state index in [0.717, 1.165) is 34.7 Å². The van der Waals surface area contributed by atoms with Crippen LogP contribution in [0.4, 0.5) is 0 Å². The third-order valence-corrected chi connectivity index (χ3v) is 6.20. The number of rotatable bonds is 3. The first-order valence-electron chi connectivity index (χ1n) is 10.3. The van der Waals surface area contributed by atoms with Crippen LogP contribution < -0.4 is 11.3 Å². The number of benzene rings is 2. The molecule has 1 fully saturated rings. The smallest absolute Gasteiger partial charge is 0.270 e. The molecule has 3 heterocycles. The van der Waals surface area contributed by atoms with E-state index in [4.69, 9.17) is 5.73 Å². The van der Waals surface area contributed by atoms with Gasteiger partial charge in [0, 0.05) is 41.1 Å².